The molecule has 0 saturated carbocycles. The van der Waals surface area contributed by atoms with E-state index in [2.05, 4.69) is 15.5 Å². The van der Waals surface area contributed by atoms with E-state index in [1.165, 1.54) is 6.20 Å². The first-order valence-corrected chi connectivity index (χ1v) is 7.95. The van der Waals surface area contributed by atoms with Crippen LogP contribution in [-0.4, -0.2) is 56.1 Å². The van der Waals surface area contributed by atoms with Crippen LogP contribution in [0, 0.1) is 11.3 Å². The summed E-state index contributed by atoms with van der Waals surface area (Å²) in [5, 5.41) is 14.7. The van der Waals surface area contributed by atoms with Crippen LogP contribution in [0.4, 0.5) is 5.69 Å². The van der Waals surface area contributed by atoms with E-state index in [-0.39, 0.29) is 11.1 Å². The van der Waals surface area contributed by atoms with E-state index in [1.54, 1.807) is 24.3 Å². The number of hydrogen-bond acceptors (Lipinski definition) is 6. The summed E-state index contributed by atoms with van der Waals surface area (Å²) in [6, 6.07) is 8.45. The van der Waals surface area contributed by atoms with Gasteiger partial charge in [-0.15, -0.1) is 0 Å². The van der Waals surface area contributed by atoms with Crippen LogP contribution in [-0.2, 0) is 9.53 Å². The maximum atomic E-state index is 12.1. The Hall–Kier alpha value is -2.89. The molecule has 4 N–H and O–H groups in total. The van der Waals surface area contributed by atoms with Gasteiger partial charge in [0.2, 0.25) is 0 Å². The zero-order chi connectivity index (χ0) is 18.1. The van der Waals surface area contributed by atoms with Crippen molar-refractivity contribution in [3.05, 3.63) is 41.6 Å². The molecule has 0 unspecified atom stereocenters. The van der Waals surface area contributed by atoms with Crippen molar-refractivity contribution in [2.45, 2.75) is 0 Å². The van der Waals surface area contributed by atoms with Gasteiger partial charge >= 0.3 is 0 Å². The van der Waals surface area contributed by atoms with Crippen LogP contribution >= 0.6 is 0 Å². The van der Waals surface area contributed by atoms with E-state index in [4.69, 9.17) is 15.7 Å². The van der Waals surface area contributed by atoms with Crippen molar-refractivity contribution in [3.8, 4) is 6.07 Å². The number of carbonyl (C=O) groups excluding carboxylic acids is 2. The third kappa shape index (κ3) is 5.60. The van der Waals surface area contributed by atoms with Crippen molar-refractivity contribution < 1.29 is 14.3 Å². The standard InChI is InChI=1S/C17H21N5O3/c18-11-13(12-21-15-4-2-1-3-14(15)16(19)23)17(24)20-5-6-22-7-9-25-10-8-22/h1-4,12,21H,5-10H2,(H2,19,23)(H,20,24)/b13-12-. The second kappa shape index (κ2) is 9.42. The minimum absolute atomic E-state index is 0.0822. The maximum Gasteiger partial charge on any atom is 0.263 e. The lowest BCUT2D eigenvalue weighted by atomic mass is 10.1. The van der Waals surface area contributed by atoms with Gasteiger partial charge in [-0.1, -0.05) is 12.1 Å². The molecule has 1 aromatic rings. The Kier molecular flexibility index (Phi) is 6.95. The van der Waals surface area contributed by atoms with Gasteiger partial charge in [0.15, 0.2) is 0 Å². The van der Waals surface area contributed by atoms with E-state index in [9.17, 15) is 9.59 Å². The van der Waals surface area contributed by atoms with Crippen LogP contribution in [0.15, 0.2) is 36.0 Å². The molecule has 1 aliphatic heterocycles. The highest BCUT2D eigenvalue weighted by molar-refractivity contribution is 6.00. The summed E-state index contributed by atoms with van der Waals surface area (Å²) in [7, 11) is 0. The van der Waals surface area contributed by atoms with Gasteiger partial charge in [-0.25, -0.2) is 0 Å². The summed E-state index contributed by atoms with van der Waals surface area (Å²) < 4.78 is 5.26. The van der Waals surface area contributed by atoms with Crippen molar-refractivity contribution in [3.63, 3.8) is 0 Å². The number of primary amides is 1. The van der Waals surface area contributed by atoms with Crippen molar-refractivity contribution in [2.75, 3.05) is 44.7 Å². The zero-order valence-corrected chi connectivity index (χ0v) is 13.8. The first-order valence-electron chi connectivity index (χ1n) is 7.95. The molecule has 0 spiro atoms. The summed E-state index contributed by atoms with van der Waals surface area (Å²) in [5.41, 5.74) is 5.93. The van der Waals surface area contributed by atoms with Gasteiger partial charge in [0.25, 0.3) is 11.8 Å². The summed E-state index contributed by atoms with van der Waals surface area (Å²) in [6.07, 6.45) is 1.27. The minimum atomic E-state index is -0.593. The molecule has 8 nitrogen and oxygen atoms in total. The molecule has 2 rings (SSSR count). The lowest BCUT2D eigenvalue weighted by Gasteiger charge is -2.26. The van der Waals surface area contributed by atoms with Crippen LogP contribution in [0.1, 0.15) is 10.4 Å². The SMILES string of the molecule is N#C/C(=C/Nc1ccccc1C(N)=O)C(=O)NCCN1CCOCC1. The zero-order valence-electron chi connectivity index (χ0n) is 13.8. The Bertz CT molecular complexity index is 690. The lowest BCUT2D eigenvalue weighted by molar-refractivity contribution is -0.117. The largest absolute Gasteiger partial charge is 0.379 e. The van der Waals surface area contributed by atoms with Gasteiger partial charge in [0, 0.05) is 32.4 Å². The normalized spacial score (nSPS) is 15.2. The fourth-order valence-corrected chi connectivity index (χ4v) is 2.37. The number of nitrogens with two attached hydrogens (primary N) is 1. The number of rotatable bonds is 7. The van der Waals surface area contributed by atoms with Crippen molar-refractivity contribution in [1.29, 1.82) is 5.26 Å². The molecule has 8 heteroatoms. The number of para-hydroxylation sites is 1. The van der Waals surface area contributed by atoms with E-state index in [0.717, 1.165) is 13.1 Å². The van der Waals surface area contributed by atoms with Gasteiger partial charge < -0.3 is 21.1 Å². The van der Waals surface area contributed by atoms with Crippen molar-refractivity contribution >= 4 is 17.5 Å². The number of carbonyl (C=O) groups is 2. The molecule has 1 saturated heterocycles. The molecule has 1 fully saturated rings. The molecule has 0 bridgehead atoms. The van der Waals surface area contributed by atoms with Gasteiger partial charge in [-0.2, -0.15) is 5.26 Å². The fraction of sp³-hybridized carbons (Fsp3) is 0.353. The number of ether oxygens (including phenoxy) is 1. The van der Waals surface area contributed by atoms with E-state index in [1.807, 2.05) is 6.07 Å². The molecular formula is C17H21N5O3. The first kappa shape index (κ1) is 18.4. The highest BCUT2D eigenvalue weighted by Crippen LogP contribution is 2.14. The van der Waals surface area contributed by atoms with Gasteiger partial charge in [0.1, 0.15) is 11.6 Å². The monoisotopic (exact) mass is 343 g/mol. The summed E-state index contributed by atoms with van der Waals surface area (Å²) in [6.45, 7) is 4.20. The Morgan fingerprint density at radius 1 is 1.32 bits per heavy atom. The topological polar surface area (TPSA) is 120 Å². The highest BCUT2D eigenvalue weighted by Gasteiger charge is 2.13. The maximum absolute atomic E-state index is 12.1. The molecule has 1 aromatic carbocycles. The van der Waals surface area contributed by atoms with Crippen LogP contribution in [0.2, 0.25) is 0 Å². The van der Waals surface area contributed by atoms with E-state index < -0.39 is 11.8 Å². The number of amides is 2. The molecule has 0 radical (unpaired) electrons. The molecular weight excluding hydrogens is 322 g/mol. The Balaban J connectivity index is 1.90. The average molecular weight is 343 g/mol. The first-order chi connectivity index (χ1) is 12.1. The Morgan fingerprint density at radius 2 is 2.04 bits per heavy atom. The number of anilines is 1. The summed E-state index contributed by atoms with van der Waals surface area (Å²) in [5.74, 6) is -1.07. The third-order valence-corrected chi connectivity index (χ3v) is 3.75. The number of benzene rings is 1. The molecule has 132 valence electrons. The number of nitrogens with zero attached hydrogens (tertiary/aromatic N) is 2. The van der Waals surface area contributed by atoms with Crippen LogP contribution in [0.25, 0.3) is 0 Å². The second-order valence-electron chi connectivity index (χ2n) is 5.43. The minimum Gasteiger partial charge on any atom is -0.379 e. The van der Waals surface area contributed by atoms with E-state index >= 15 is 0 Å². The molecule has 1 heterocycles. The quantitative estimate of drug-likeness (QED) is 0.475. The fourth-order valence-electron chi connectivity index (χ4n) is 2.37. The number of nitriles is 1. The number of morpholine rings is 1. The third-order valence-electron chi connectivity index (χ3n) is 3.75. The second-order valence-corrected chi connectivity index (χ2v) is 5.43. The molecule has 0 atom stereocenters. The average Bonchev–Trinajstić information content (AvgIpc) is 2.63. The molecule has 2 amide bonds. The summed E-state index contributed by atoms with van der Waals surface area (Å²) in [4.78, 5) is 25.6. The Labute approximate surface area is 146 Å². The van der Waals surface area contributed by atoms with Gasteiger partial charge in [0.05, 0.1) is 24.5 Å². The van der Waals surface area contributed by atoms with E-state index in [0.29, 0.717) is 32.0 Å². The number of nitrogens with one attached hydrogen (secondary N) is 2. The smallest absolute Gasteiger partial charge is 0.263 e. The molecule has 25 heavy (non-hydrogen) atoms. The highest BCUT2D eigenvalue weighted by atomic mass is 16.5. The lowest BCUT2D eigenvalue weighted by Crippen LogP contribution is -2.41. The van der Waals surface area contributed by atoms with Crippen LogP contribution in [0.3, 0.4) is 0 Å². The predicted octanol–water partition coefficient (Wildman–Crippen LogP) is 0.0533. The van der Waals surface area contributed by atoms with Crippen molar-refractivity contribution in [2.24, 2.45) is 5.73 Å². The predicted molar refractivity (Wildman–Crippen MR) is 92.5 cm³/mol. The van der Waals surface area contributed by atoms with Crippen LogP contribution in [0.5, 0.6) is 0 Å². The van der Waals surface area contributed by atoms with Gasteiger partial charge in [-0.05, 0) is 12.1 Å². The van der Waals surface area contributed by atoms with Gasteiger partial charge in [-0.3, -0.25) is 14.5 Å². The van der Waals surface area contributed by atoms with Crippen molar-refractivity contribution in [1.82, 2.24) is 10.2 Å². The summed E-state index contributed by atoms with van der Waals surface area (Å²) >= 11 is 0. The Morgan fingerprint density at radius 3 is 2.72 bits per heavy atom. The molecule has 0 aliphatic carbocycles. The molecule has 1 aliphatic rings. The molecule has 0 aromatic heterocycles. The number of hydrogen-bond donors (Lipinski definition) is 3. The van der Waals surface area contributed by atoms with Crippen LogP contribution < -0.4 is 16.4 Å².